The average Bonchev–Trinajstić information content (AvgIpc) is 2.87. The molecule has 0 unspecified atom stereocenters. The van der Waals surface area contributed by atoms with Crippen LogP contribution in [0.1, 0.15) is 53.1 Å². The second-order valence-corrected chi connectivity index (χ2v) is 9.01. The molecule has 0 bridgehead atoms. The molecule has 11 heteroatoms. The van der Waals surface area contributed by atoms with Crippen molar-refractivity contribution in [2.24, 2.45) is 0 Å². The van der Waals surface area contributed by atoms with E-state index in [1.165, 1.54) is 22.7 Å². The second-order valence-electron chi connectivity index (χ2n) is 9.01. The van der Waals surface area contributed by atoms with Crippen LogP contribution in [-0.4, -0.2) is 26.0 Å². The van der Waals surface area contributed by atoms with Gasteiger partial charge in [0.25, 0.3) is 5.56 Å². The maximum atomic E-state index is 14.8. The molecular weight excluding hydrogens is 495 g/mol. The highest BCUT2D eigenvalue weighted by atomic mass is 19.4. The summed E-state index contributed by atoms with van der Waals surface area (Å²) in [4.78, 5) is 25.6. The first kappa shape index (κ1) is 24.9. The van der Waals surface area contributed by atoms with Gasteiger partial charge in [-0.25, -0.2) is 18.7 Å². The van der Waals surface area contributed by atoms with Gasteiger partial charge in [-0.15, -0.1) is 0 Å². The SMILES string of the molecule is Cc1nc2c(-c3ccc(F)cc3F)nc([C@H]3CCO[C@@H](c4ccnc(C(F)(F)F)c4)C3)cn2c(=O)c1C. The Morgan fingerprint density at radius 3 is 2.59 bits per heavy atom. The molecule has 0 saturated carbocycles. The number of aromatic nitrogens is 4. The van der Waals surface area contributed by atoms with Crippen molar-refractivity contribution >= 4 is 5.65 Å². The zero-order valence-electron chi connectivity index (χ0n) is 19.8. The summed E-state index contributed by atoms with van der Waals surface area (Å²) in [5.74, 6) is -1.94. The lowest BCUT2D eigenvalue weighted by Crippen LogP contribution is -2.24. The van der Waals surface area contributed by atoms with Crippen molar-refractivity contribution in [1.82, 2.24) is 19.4 Å². The third-order valence-electron chi connectivity index (χ3n) is 6.63. The van der Waals surface area contributed by atoms with E-state index < -0.39 is 29.6 Å². The number of alkyl halides is 3. The van der Waals surface area contributed by atoms with E-state index in [0.29, 0.717) is 28.9 Å². The first-order valence-electron chi connectivity index (χ1n) is 11.5. The third kappa shape index (κ3) is 4.71. The Bertz CT molecular complexity index is 1570. The number of ether oxygens (including phenoxy) is 1. The Kier molecular flexibility index (Phi) is 6.26. The van der Waals surface area contributed by atoms with Crippen LogP contribution in [0.5, 0.6) is 0 Å². The summed E-state index contributed by atoms with van der Waals surface area (Å²) < 4.78 is 75.0. The predicted octanol–water partition coefficient (Wildman–Crippen LogP) is 5.70. The zero-order chi connectivity index (χ0) is 26.5. The van der Waals surface area contributed by atoms with E-state index in [-0.39, 0.29) is 41.4 Å². The molecule has 0 amide bonds. The van der Waals surface area contributed by atoms with Crippen molar-refractivity contribution in [3.8, 4) is 11.3 Å². The molecule has 1 aliphatic rings. The van der Waals surface area contributed by atoms with Gasteiger partial charge in [-0.1, -0.05) is 0 Å². The number of benzene rings is 1. The summed E-state index contributed by atoms with van der Waals surface area (Å²) >= 11 is 0. The molecule has 1 saturated heterocycles. The molecule has 192 valence electrons. The summed E-state index contributed by atoms with van der Waals surface area (Å²) in [7, 11) is 0. The summed E-state index contributed by atoms with van der Waals surface area (Å²) in [6, 6.07) is 5.48. The van der Waals surface area contributed by atoms with E-state index in [2.05, 4.69) is 15.0 Å². The molecular formula is C26H21F5N4O2. The van der Waals surface area contributed by atoms with Gasteiger partial charge in [-0.3, -0.25) is 14.2 Å². The van der Waals surface area contributed by atoms with Crippen LogP contribution in [0.4, 0.5) is 22.0 Å². The van der Waals surface area contributed by atoms with Crippen LogP contribution in [0.2, 0.25) is 0 Å². The quantitative estimate of drug-likeness (QED) is 0.327. The molecule has 3 aromatic heterocycles. The molecule has 4 aromatic rings. The maximum Gasteiger partial charge on any atom is 0.433 e. The lowest BCUT2D eigenvalue weighted by atomic mass is 9.89. The van der Waals surface area contributed by atoms with Crippen LogP contribution < -0.4 is 5.56 Å². The number of pyridine rings is 1. The molecule has 0 spiro atoms. The minimum absolute atomic E-state index is 0.0246. The van der Waals surface area contributed by atoms with Crippen molar-refractivity contribution in [2.45, 2.75) is 44.9 Å². The van der Waals surface area contributed by atoms with Crippen molar-refractivity contribution < 1.29 is 26.7 Å². The molecule has 0 aliphatic carbocycles. The van der Waals surface area contributed by atoms with Gasteiger partial charge in [-0.2, -0.15) is 13.2 Å². The minimum atomic E-state index is -4.59. The standard InChI is InChI=1S/C26H21F5N4O2/c1-13-14(2)33-24-23(18-4-3-17(27)11-19(18)28)34-20(12-35(24)25(13)36)15-6-8-37-21(9-15)16-5-7-32-22(10-16)26(29,30)31/h3-5,7,10-12,15,21H,6,8-9H2,1-2H3/t15-,21+/m0/s1. The van der Waals surface area contributed by atoms with Crippen LogP contribution in [-0.2, 0) is 10.9 Å². The fourth-order valence-corrected chi connectivity index (χ4v) is 4.51. The van der Waals surface area contributed by atoms with E-state index in [9.17, 15) is 26.7 Å². The first-order valence-corrected chi connectivity index (χ1v) is 11.5. The van der Waals surface area contributed by atoms with Gasteiger partial charge in [0.15, 0.2) is 5.65 Å². The Labute approximate surface area is 207 Å². The smallest absolute Gasteiger partial charge is 0.373 e. The highest BCUT2D eigenvalue weighted by Gasteiger charge is 2.34. The van der Waals surface area contributed by atoms with Gasteiger partial charge in [-0.05, 0) is 56.5 Å². The topological polar surface area (TPSA) is 69.4 Å². The van der Waals surface area contributed by atoms with E-state index in [0.717, 1.165) is 24.4 Å². The third-order valence-corrected chi connectivity index (χ3v) is 6.63. The van der Waals surface area contributed by atoms with Gasteiger partial charge in [0, 0.05) is 47.8 Å². The van der Waals surface area contributed by atoms with Gasteiger partial charge in [0.1, 0.15) is 23.0 Å². The average molecular weight is 516 g/mol. The van der Waals surface area contributed by atoms with Crippen molar-refractivity contribution in [2.75, 3.05) is 6.61 Å². The second kappa shape index (κ2) is 9.29. The summed E-state index contributed by atoms with van der Waals surface area (Å²) in [6.07, 6.45) is -1.89. The number of nitrogens with zero attached hydrogens (tertiary/aromatic N) is 4. The fraction of sp³-hybridized carbons (Fsp3) is 0.308. The van der Waals surface area contributed by atoms with Crippen molar-refractivity contribution in [3.05, 3.63) is 92.9 Å². The summed E-state index contributed by atoms with van der Waals surface area (Å²) in [6.45, 7) is 3.52. The highest BCUT2D eigenvalue weighted by molar-refractivity contribution is 5.74. The zero-order valence-corrected chi connectivity index (χ0v) is 19.8. The maximum absolute atomic E-state index is 14.8. The summed E-state index contributed by atoms with van der Waals surface area (Å²) in [5.41, 5.74) is 0.397. The number of fused-ring (bicyclic) bond motifs is 1. The van der Waals surface area contributed by atoms with Gasteiger partial charge < -0.3 is 4.74 Å². The Morgan fingerprint density at radius 1 is 1.08 bits per heavy atom. The number of hydrogen-bond acceptors (Lipinski definition) is 5. The van der Waals surface area contributed by atoms with Gasteiger partial charge in [0.05, 0.1) is 11.8 Å². The number of aryl methyl sites for hydroxylation is 1. The molecule has 2 atom stereocenters. The highest BCUT2D eigenvalue weighted by Crippen LogP contribution is 2.39. The van der Waals surface area contributed by atoms with E-state index in [1.807, 2.05) is 0 Å². The lowest BCUT2D eigenvalue weighted by Gasteiger charge is -2.30. The Morgan fingerprint density at radius 2 is 1.86 bits per heavy atom. The van der Waals surface area contributed by atoms with E-state index in [4.69, 9.17) is 4.74 Å². The van der Waals surface area contributed by atoms with Crippen LogP contribution in [0.15, 0.2) is 47.5 Å². The lowest BCUT2D eigenvalue weighted by molar-refractivity contribution is -0.141. The molecule has 4 heterocycles. The van der Waals surface area contributed by atoms with Crippen molar-refractivity contribution in [1.29, 1.82) is 0 Å². The van der Waals surface area contributed by atoms with Crippen LogP contribution in [0.3, 0.4) is 0 Å². The van der Waals surface area contributed by atoms with Crippen LogP contribution >= 0.6 is 0 Å². The Balaban J connectivity index is 1.62. The minimum Gasteiger partial charge on any atom is -0.373 e. The largest absolute Gasteiger partial charge is 0.433 e. The molecule has 1 aliphatic heterocycles. The molecule has 1 fully saturated rings. The molecule has 37 heavy (non-hydrogen) atoms. The molecule has 6 nitrogen and oxygen atoms in total. The first-order chi connectivity index (χ1) is 17.5. The van der Waals surface area contributed by atoms with Crippen LogP contribution in [0.25, 0.3) is 16.9 Å². The molecule has 5 rings (SSSR count). The van der Waals surface area contributed by atoms with Gasteiger partial charge in [0.2, 0.25) is 0 Å². The molecule has 1 aromatic carbocycles. The van der Waals surface area contributed by atoms with E-state index in [1.54, 1.807) is 13.8 Å². The number of hydrogen-bond donors (Lipinski definition) is 0. The molecule has 0 radical (unpaired) electrons. The monoisotopic (exact) mass is 516 g/mol. The predicted molar refractivity (Wildman–Crippen MR) is 124 cm³/mol. The molecule has 0 N–H and O–H groups in total. The normalized spacial score (nSPS) is 18.4. The number of rotatable bonds is 3. The number of halogens is 5. The Hall–Kier alpha value is -3.73. The fourth-order valence-electron chi connectivity index (χ4n) is 4.51. The summed E-state index contributed by atoms with van der Waals surface area (Å²) in [5, 5.41) is 0. The van der Waals surface area contributed by atoms with E-state index >= 15 is 0 Å². The van der Waals surface area contributed by atoms with Crippen LogP contribution in [0, 0.1) is 25.5 Å². The van der Waals surface area contributed by atoms with Crippen molar-refractivity contribution in [3.63, 3.8) is 0 Å². The van der Waals surface area contributed by atoms with Gasteiger partial charge >= 0.3 is 6.18 Å².